The van der Waals surface area contributed by atoms with Crippen molar-refractivity contribution < 1.29 is 38.9 Å². The molecule has 0 fully saturated rings. The number of carbonyl (C=O) groups excluding carboxylic acids is 2. The van der Waals surface area contributed by atoms with Crippen LogP contribution in [0.3, 0.4) is 0 Å². The highest BCUT2D eigenvalue weighted by molar-refractivity contribution is 6.09. The van der Waals surface area contributed by atoms with Crippen LogP contribution in [0.5, 0.6) is 0 Å². The van der Waals surface area contributed by atoms with Crippen LogP contribution in [-0.2, 0) is 9.47 Å². The Labute approximate surface area is 163 Å². The van der Waals surface area contributed by atoms with Gasteiger partial charge in [0, 0.05) is 0 Å². The predicted molar refractivity (Wildman–Crippen MR) is 99.9 cm³/mol. The molecule has 0 aromatic heterocycles. The molecule has 0 amide bonds. The summed E-state index contributed by atoms with van der Waals surface area (Å²) in [5.41, 5.74) is -3.71. The van der Waals surface area contributed by atoms with Gasteiger partial charge in [-0.3, -0.25) is 0 Å². The summed E-state index contributed by atoms with van der Waals surface area (Å²) in [6.45, 7) is 10.2. The predicted octanol–water partition coefficient (Wildman–Crippen LogP) is 3.77. The first-order chi connectivity index (χ1) is 12.7. The Hall–Kier alpha value is -2.90. The van der Waals surface area contributed by atoms with Gasteiger partial charge < -0.3 is 19.7 Å². The molecule has 0 aliphatic heterocycles. The van der Waals surface area contributed by atoms with E-state index >= 15 is 0 Å². The molecule has 2 N–H and O–H groups in total. The van der Waals surface area contributed by atoms with Crippen molar-refractivity contribution in [1.29, 1.82) is 0 Å². The Kier molecular flexibility index (Phi) is 6.95. The number of hydrogen-bond donors (Lipinski definition) is 2. The maximum atomic E-state index is 12.6. The van der Waals surface area contributed by atoms with Crippen molar-refractivity contribution in [3.05, 3.63) is 34.4 Å². The average molecular weight is 394 g/mol. The maximum absolute atomic E-state index is 12.6. The van der Waals surface area contributed by atoms with Crippen LogP contribution >= 0.6 is 0 Å². The van der Waals surface area contributed by atoms with Crippen molar-refractivity contribution in [2.45, 2.75) is 65.6 Å². The fourth-order valence-corrected chi connectivity index (χ4v) is 2.05. The first-order valence-electron chi connectivity index (χ1n) is 8.86. The molecule has 0 saturated carbocycles. The molecule has 8 heteroatoms. The topological polar surface area (TPSA) is 127 Å². The van der Waals surface area contributed by atoms with Gasteiger partial charge in [-0.25, -0.2) is 19.2 Å². The molecule has 0 heterocycles. The van der Waals surface area contributed by atoms with E-state index in [0.29, 0.717) is 12.8 Å². The van der Waals surface area contributed by atoms with Crippen LogP contribution in [0.15, 0.2) is 12.1 Å². The van der Waals surface area contributed by atoms with Gasteiger partial charge in [0.15, 0.2) is 0 Å². The van der Waals surface area contributed by atoms with Crippen LogP contribution < -0.4 is 0 Å². The first-order valence-corrected chi connectivity index (χ1v) is 8.86. The average Bonchev–Trinajstić information content (AvgIpc) is 2.59. The van der Waals surface area contributed by atoms with Gasteiger partial charge >= 0.3 is 23.9 Å². The summed E-state index contributed by atoms with van der Waals surface area (Å²) in [5.74, 6) is -4.97. The molecule has 0 spiro atoms. The van der Waals surface area contributed by atoms with E-state index in [1.165, 1.54) is 0 Å². The SMILES string of the molecule is CCC(C)(C)OC(=O)c1cc(C(=O)OC(C)(C)CC)c(C(=O)O)cc1C(=O)O. The largest absolute Gasteiger partial charge is 0.478 e. The fourth-order valence-electron chi connectivity index (χ4n) is 2.05. The molecule has 1 aromatic rings. The number of aromatic carboxylic acids is 2. The summed E-state index contributed by atoms with van der Waals surface area (Å²) < 4.78 is 10.6. The smallest absolute Gasteiger partial charge is 0.339 e. The zero-order valence-electron chi connectivity index (χ0n) is 16.9. The molecular weight excluding hydrogens is 368 g/mol. The summed E-state index contributed by atoms with van der Waals surface area (Å²) in [6, 6.07) is 1.69. The van der Waals surface area contributed by atoms with Crippen LogP contribution in [0, 0.1) is 0 Å². The van der Waals surface area contributed by atoms with E-state index in [1.54, 1.807) is 41.5 Å². The molecular formula is C20H26O8. The number of carboxylic acids is 2. The second-order valence-corrected chi connectivity index (χ2v) is 7.56. The van der Waals surface area contributed by atoms with Crippen LogP contribution in [0.4, 0.5) is 0 Å². The van der Waals surface area contributed by atoms with Crippen LogP contribution in [-0.4, -0.2) is 45.3 Å². The first kappa shape index (κ1) is 23.1. The van der Waals surface area contributed by atoms with E-state index in [2.05, 4.69) is 0 Å². The summed E-state index contributed by atoms with van der Waals surface area (Å²) in [4.78, 5) is 48.3. The van der Waals surface area contributed by atoms with Gasteiger partial charge in [-0.05, 0) is 52.7 Å². The standard InChI is InChI=1S/C20H26O8/c1-7-19(3,4)27-17(25)13-10-14(18(26)28-20(5,6)8-2)12(16(23)24)9-11(13)15(21)22/h9-10H,7-8H2,1-6H3,(H,21,22)(H,23,24). The van der Waals surface area contributed by atoms with Gasteiger partial charge in [0.2, 0.25) is 0 Å². The minimum Gasteiger partial charge on any atom is -0.478 e. The van der Waals surface area contributed by atoms with Crippen LogP contribution in [0.1, 0.15) is 95.8 Å². The molecule has 8 nitrogen and oxygen atoms in total. The number of carbonyl (C=O) groups is 4. The second-order valence-electron chi connectivity index (χ2n) is 7.56. The van der Waals surface area contributed by atoms with Crippen molar-refractivity contribution in [1.82, 2.24) is 0 Å². The summed E-state index contributed by atoms with van der Waals surface area (Å²) >= 11 is 0. The minimum absolute atomic E-state index is 0.416. The Morgan fingerprint density at radius 1 is 0.714 bits per heavy atom. The lowest BCUT2D eigenvalue weighted by atomic mass is 9.97. The normalized spacial score (nSPS) is 11.6. The molecule has 1 rings (SSSR count). The highest BCUT2D eigenvalue weighted by atomic mass is 16.6. The molecule has 0 aliphatic rings. The van der Waals surface area contributed by atoms with Crippen LogP contribution in [0.2, 0.25) is 0 Å². The third-order valence-corrected chi connectivity index (χ3v) is 4.50. The molecule has 154 valence electrons. The van der Waals surface area contributed by atoms with Gasteiger partial charge in [0.05, 0.1) is 22.3 Å². The van der Waals surface area contributed by atoms with E-state index in [9.17, 15) is 29.4 Å². The van der Waals surface area contributed by atoms with E-state index in [4.69, 9.17) is 9.47 Å². The van der Waals surface area contributed by atoms with Crippen molar-refractivity contribution in [3.63, 3.8) is 0 Å². The molecule has 0 bridgehead atoms. The highest BCUT2D eigenvalue weighted by Gasteiger charge is 2.31. The minimum atomic E-state index is -1.52. The lowest BCUT2D eigenvalue weighted by molar-refractivity contribution is -0.00287. The van der Waals surface area contributed by atoms with Crippen molar-refractivity contribution in [3.8, 4) is 0 Å². The highest BCUT2D eigenvalue weighted by Crippen LogP contribution is 2.25. The third-order valence-electron chi connectivity index (χ3n) is 4.50. The quantitative estimate of drug-likeness (QED) is 0.638. The van der Waals surface area contributed by atoms with Gasteiger partial charge in [-0.15, -0.1) is 0 Å². The molecule has 0 aliphatic carbocycles. The zero-order valence-corrected chi connectivity index (χ0v) is 16.9. The van der Waals surface area contributed by atoms with Gasteiger partial charge in [0.1, 0.15) is 11.2 Å². The molecule has 0 radical (unpaired) electrons. The number of hydrogen-bond acceptors (Lipinski definition) is 6. The van der Waals surface area contributed by atoms with Gasteiger partial charge in [-0.1, -0.05) is 13.8 Å². The van der Waals surface area contributed by atoms with Gasteiger partial charge in [-0.2, -0.15) is 0 Å². The lowest BCUT2D eigenvalue weighted by Crippen LogP contribution is -2.30. The van der Waals surface area contributed by atoms with Gasteiger partial charge in [0.25, 0.3) is 0 Å². The fraction of sp³-hybridized carbons (Fsp3) is 0.500. The number of ether oxygens (including phenoxy) is 2. The van der Waals surface area contributed by atoms with Crippen molar-refractivity contribution in [2.24, 2.45) is 0 Å². The lowest BCUT2D eigenvalue weighted by Gasteiger charge is -2.25. The van der Waals surface area contributed by atoms with Crippen molar-refractivity contribution >= 4 is 23.9 Å². The third kappa shape index (κ3) is 5.55. The van der Waals surface area contributed by atoms with Crippen molar-refractivity contribution in [2.75, 3.05) is 0 Å². The summed E-state index contributed by atoms with van der Waals surface area (Å²) in [5, 5.41) is 18.8. The Morgan fingerprint density at radius 2 is 1.00 bits per heavy atom. The summed E-state index contributed by atoms with van der Waals surface area (Å²) in [6.07, 6.45) is 0.932. The maximum Gasteiger partial charge on any atom is 0.339 e. The van der Waals surface area contributed by atoms with E-state index in [0.717, 1.165) is 12.1 Å². The Bertz CT molecular complexity index is 741. The molecule has 0 saturated heterocycles. The molecule has 0 atom stereocenters. The molecule has 0 unspecified atom stereocenters. The monoisotopic (exact) mass is 394 g/mol. The zero-order chi connectivity index (χ0) is 21.9. The van der Waals surface area contributed by atoms with Crippen LogP contribution in [0.25, 0.3) is 0 Å². The Morgan fingerprint density at radius 3 is 1.25 bits per heavy atom. The van der Waals surface area contributed by atoms with E-state index in [1.807, 2.05) is 0 Å². The molecule has 28 heavy (non-hydrogen) atoms. The molecule has 1 aromatic carbocycles. The number of esters is 2. The number of benzene rings is 1. The second kappa shape index (κ2) is 8.41. The Balaban J connectivity index is 3.59. The number of rotatable bonds is 8. The number of carboxylic acid groups (broad SMARTS) is 2. The van der Waals surface area contributed by atoms with E-state index in [-0.39, 0.29) is 0 Å². The summed E-state index contributed by atoms with van der Waals surface area (Å²) in [7, 11) is 0. The van der Waals surface area contributed by atoms with E-state index < -0.39 is 57.3 Å².